The Morgan fingerprint density at radius 1 is 1.23 bits per heavy atom. The molecule has 0 bridgehead atoms. The number of hydrogen-bond donors (Lipinski definition) is 1. The molecular formula is C20H28IN5. The molecule has 1 saturated heterocycles. The number of likely N-dealkylation sites (tertiary alicyclic amines) is 1. The van der Waals surface area contributed by atoms with Crippen molar-refractivity contribution in [1.29, 1.82) is 0 Å². The first-order valence-corrected chi connectivity index (χ1v) is 9.27. The molecule has 2 fully saturated rings. The maximum atomic E-state index is 4.51. The van der Waals surface area contributed by atoms with Crippen LogP contribution in [0.15, 0.2) is 47.7 Å². The van der Waals surface area contributed by atoms with Gasteiger partial charge in [0.1, 0.15) is 0 Å². The van der Waals surface area contributed by atoms with E-state index in [4.69, 9.17) is 0 Å². The van der Waals surface area contributed by atoms with Crippen molar-refractivity contribution in [1.82, 2.24) is 20.0 Å². The third-order valence-electron chi connectivity index (χ3n) is 5.71. The summed E-state index contributed by atoms with van der Waals surface area (Å²) in [5.74, 6) is 1.04. The molecule has 26 heavy (non-hydrogen) atoms. The Morgan fingerprint density at radius 3 is 2.73 bits per heavy atom. The van der Waals surface area contributed by atoms with Crippen LogP contribution >= 0.6 is 24.0 Å². The van der Waals surface area contributed by atoms with Crippen LogP contribution in [0.4, 0.5) is 0 Å². The Labute approximate surface area is 172 Å². The van der Waals surface area contributed by atoms with Gasteiger partial charge in [-0.3, -0.25) is 9.67 Å². The summed E-state index contributed by atoms with van der Waals surface area (Å²) in [7, 11) is 1.89. The molecule has 1 N–H and O–H groups in total. The normalized spacial score (nSPS) is 18.5. The molecule has 1 aromatic heterocycles. The summed E-state index contributed by atoms with van der Waals surface area (Å²) in [6.07, 6.45) is 9.35. The lowest BCUT2D eigenvalue weighted by Gasteiger charge is -2.38. The Balaban J connectivity index is 0.00000196. The minimum Gasteiger partial charge on any atom is -0.352 e. The van der Waals surface area contributed by atoms with Crippen LogP contribution in [0.25, 0.3) is 0 Å². The molecule has 0 atom stereocenters. The van der Waals surface area contributed by atoms with Gasteiger partial charge in [-0.25, -0.2) is 0 Å². The zero-order chi connectivity index (χ0) is 17.1. The van der Waals surface area contributed by atoms with Gasteiger partial charge in [0.05, 0.1) is 6.54 Å². The average Bonchev–Trinajstić information content (AvgIpc) is 3.25. The van der Waals surface area contributed by atoms with Crippen LogP contribution in [0.2, 0.25) is 0 Å². The summed E-state index contributed by atoms with van der Waals surface area (Å²) in [5.41, 5.74) is 3.15. The first-order chi connectivity index (χ1) is 12.3. The third-order valence-corrected chi connectivity index (χ3v) is 5.71. The summed E-state index contributed by atoms with van der Waals surface area (Å²) in [6, 6.07) is 10.7. The third kappa shape index (κ3) is 4.22. The number of benzene rings is 1. The van der Waals surface area contributed by atoms with Crippen LogP contribution in [0.5, 0.6) is 0 Å². The van der Waals surface area contributed by atoms with Crippen molar-refractivity contribution in [3.63, 3.8) is 0 Å². The van der Waals surface area contributed by atoms with Crippen LogP contribution < -0.4 is 5.32 Å². The Hall–Kier alpha value is -1.57. The van der Waals surface area contributed by atoms with Crippen LogP contribution in [-0.4, -0.2) is 40.8 Å². The van der Waals surface area contributed by atoms with Gasteiger partial charge in [-0.15, -0.1) is 24.0 Å². The zero-order valence-electron chi connectivity index (χ0n) is 15.4. The summed E-state index contributed by atoms with van der Waals surface area (Å²) in [4.78, 5) is 6.95. The lowest BCUT2D eigenvalue weighted by molar-refractivity contribution is 0.151. The van der Waals surface area contributed by atoms with Crippen molar-refractivity contribution in [3.8, 4) is 0 Å². The molecule has 2 heterocycles. The van der Waals surface area contributed by atoms with Crippen molar-refractivity contribution < 1.29 is 0 Å². The smallest absolute Gasteiger partial charge is 0.193 e. The fourth-order valence-corrected chi connectivity index (χ4v) is 4.13. The van der Waals surface area contributed by atoms with E-state index in [2.05, 4.69) is 44.6 Å². The second-order valence-corrected chi connectivity index (χ2v) is 7.45. The number of aliphatic imine (C=N–C) groups is 1. The quantitative estimate of drug-likeness (QED) is 0.427. The maximum absolute atomic E-state index is 4.51. The van der Waals surface area contributed by atoms with Gasteiger partial charge in [0, 0.05) is 39.1 Å². The topological polar surface area (TPSA) is 45.5 Å². The number of hydrogen-bond acceptors (Lipinski definition) is 2. The average molecular weight is 465 g/mol. The standard InChI is InChI=1S/C20H27N5.HI/c1-21-19(24-12-9-20(16-24)7-3-8-20)22-14-17-5-2-6-18(13-17)15-25-11-4-10-23-25;/h2,4-6,10-11,13H,3,7-9,12,14-16H2,1H3,(H,21,22);1H. The van der Waals surface area contributed by atoms with E-state index in [1.54, 1.807) is 0 Å². The summed E-state index contributed by atoms with van der Waals surface area (Å²) in [6.45, 7) is 3.93. The molecule has 0 unspecified atom stereocenters. The van der Waals surface area contributed by atoms with Gasteiger partial charge < -0.3 is 10.2 Å². The van der Waals surface area contributed by atoms with Crippen molar-refractivity contribution in [2.24, 2.45) is 10.4 Å². The van der Waals surface area contributed by atoms with E-state index in [9.17, 15) is 0 Å². The minimum atomic E-state index is 0. The van der Waals surface area contributed by atoms with E-state index in [0.29, 0.717) is 5.41 Å². The SMILES string of the molecule is CN=C(NCc1cccc(Cn2cccn2)c1)N1CCC2(CCC2)C1.I. The highest BCUT2D eigenvalue weighted by Crippen LogP contribution is 2.47. The molecule has 1 spiro atoms. The van der Waals surface area contributed by atoms with E-state index in [0.717, 1.165) is 25.6 Å². The van der Waals surface area contributed by atoms with Gasteiger partial charge in [-0.2, -0.15) is 5.10 Å². The Bertz CT molecular complexity index is 736. The van der Waals surface area contributed by atoms with Crippen molar-refractivity contribution in [2.45, 2.75) is 38.8 Å². The first-order valence-electron chi connectivity index (χ1n) is 9.27. The molecule has 5 nitrogen and oxygen atoms in total. The summed E-state index contributed by atoms with van der Waals surface area (Å²) in [5, 5.41) is 7.84. The summed E-state index contributed by atoms with van der Waals surface area (Å²) < 4.78 is 1.95. The van der Waals surface area contributed by atoms with Gasteiger partial charge in [0.25, 0.3) is 0 Å². The Morgan fingerprint density at radius 2 is 2.08 bits per heavy atom. The van der Waals surface area contributed by atoms with E-state index < -0.39 is 0 Å². The molecule has 1 aliphatic carbocycles. The number of aromatic nitrogens is 2. The number of nitrogens with one attached hydrogen (secondary N) is 1. The van der Waals surface area contributed by atoms with Crippen LogP contribution in [0.3, 0.4) is 0 Å². The van der Waals surface area contributed by atoms with Crippen molar-refractivity contribution >= 4 is 29.9 Å². The van der Waals surface area contributed by atoms with Crippen molar-refractivity contribution in [2.75, 3.05) is 20.1 Å². The lowest BCUT2D eigenvalue weighted by Crippen LogP contribution is -2.42. The predicted molar refractivity (Wildman–Crippen MR) is 116 cm³/mol. The molecule has 2 aromatic rings. The molecular weight excluding hydrogens is 437 g/mol. The second kappa shape index (κ2) is 8.41. The van der Waals surface area contributed by atoms with E-state index in [1.165, 1.54) is 43.4 Å². The fraction of sp³-hybridized carbons (Fsp3) is 0.500. The largest absolute Gasteiger partial charge is 0.352 e. The van der Waals surface area contributed by atoms with Gasteiger partial charge in [0.2, 0.25) is 0 Å². The number of halogens is 1. The predicted octanol–water partition coefficient (Wildman–Crippen LogP) is 3.50. The molecule has 2 aliphatic rings. The molecule has 1 aromatic carbocycles. The highest BCUT2D eigenvalue weighted by molar-refractivity contribution is 14.0. The van der Waals surface area contributed by atoms with Gasteiger partial charge in [0.15, 0.2) is 5.96 Å². The van der Waals surface area contributed by atoms with E-state index in [-0.39, 0.29) is 24.0 Å². The number of guanidine groups is 1. The molecule has 140 valence electrons. The highest BCUT2D eigenvalue weighted by atomic mass is 127. The molecule has 1 saturated carbocycles. The first kappa shape index (κ1) is 19.2. The number of nitrogens with zero attached hydrogens (tertiary/aromatic N) is 4. The van der Waals surface area contributed by atoms with Crippen LogP contribution in [0.1, 0.15) is 36.8 Å². The monoisotopic (exact) mass is 465 g/mol. The molecule has 0 amide bonds. The second-order valence-electron chi connectivity index (χ2n) is 7.45. The Kier molecular flexibility index (Phi) is 6.21. The summed E-state index contributed by atoms with van der Waals surface area (Å²) >= 11 is 0. The molecule has 6 heteroatoms. The van der Waals surface area contributed by atoms with Crippen LogP contribution in [0, 0.1) is 5.41 Å². The van der Waals surface area contributed by atoms with Crippen molar-refractivity contribution in [3.05, 3.63) is 53.9 Å². The maximum Gasteiger partial charge on any atom is 0.193 e. The zero-order valence-corrected chi connectivity index (χ0v) is 17.7. The van der Waals surface area contributed by atoms with E-state index >= 15 is 0 Å². The highest BCUT2D eigenvalue weighted by Gasteiger charge is 2.43. The molecule has 4 rings (SSSR count). The molecule has 0 radical (unpaired) electrons. The fourth-order valence-electron chi connectivity index (χ4n) is 4.13. The van der Waals surface area contributed by atoms with Gasteiger partial charge in [-0.1, -0.05) is 30.7 Å². The van der Waals surface area contributed by atoms with Gasteiger partial charge in [-0.05, 0) is 41.9 Å². The van der Waals surface area contributed by atoms with E-state index in [1.807, 2.05) is 30.2 Å². The van der Waals surface area contributed by atoms with Gasteiger partial charge >= 0.3 is 0 Å². The van der Waals surface area contributed by atoms with Crippen LogP contribution in [-0.2, 0) is 13.1 Å². The minimum absolute atomic E-state index is 0. The number of rotatable bonds is 4. The molecule has 1 aliphatic heterocycles. The lowest BCUT2D eigenvalue weighted by atomic mass is 9.68.